The fourth-order valence-electron chi connectivity index (χ4n) is 2.31. The van der Waals surface area contributed by atoms with Crippen molar-refractivity contribution in [2.75, 3.05) is 12.4 Å². The van der Waals surface area contributed by atoms with Gasteiger partial charge in [-0.25, -0.2) is 9.98 Å². The summed E-state index contributed by atoms with van der Waals surface area (Å²) in [5, 5.41) is 9.34. The minimum absolute atomic E-state index is 0.356. The summed E-state index contributed by atoms with van der Waals surface area (Å²) < 4.78 is 5.81. The summed E-state index contributed by atoms with van der Waals surface area (Å²) >= 11 is 0. The Morgan fingerprint density at radius 3 is 2.71 bits per heavy atom. The zero-order chi connectivity index (χ0) is 22.2. The number of nitrogens with zero attached hydrogens (tertiary/aromatic N) is 5. The van der Waals surface area contributed by atoms with Crippen LogP contribution in [0.4, 0.5) is 5.82 Å². The summed E-state index contributed by atoms with van der Waals surface area (Å²) in [6.45, 7) is 3.28. The van der Waals surface area contributed by atoms with E-state index in [1.807, 2.05) is 0 Å². The molecule has 0 saturated heterocycles. The number of amides is 2. The molecule has 0 spiro atoms. The van der Waals surface area contributed by atoms with Gasteiger partial charge in [0.15, 0.2) is 0 Å². The lowest BCUT2D eigenvalue weighted by atomic mass is 10.2. The first-order valence-electron chi connectivity index (χ1n) is 9.26. The van der Waals surface area contributed by atoms with Crippen LogP contribution >= 0.6 is 0 Å². The minimum atomic E-state index is -0.356. The number of pyridine rings is 2. The van der Waals surface area contributed by atoms with Gasteiger partial charge in [-0.15, -0.1) is 0 Å². The van der Waals surface area contributed by atoms with E-state index in [1.54, 1.807) is 63.8 Å². The van der Waals surface area contributed by atoms with Crippen molar-refractivity contribution < 1.29 is 14.3 Å². The highest BCUT2D eigenvalue weighted by atomic mass is 16.5. The number of carbonyl (C=O) groups is 2. The number of rotatable bonds is 7. The minimum Gasteiger partial charge on any atom is -0.456 e. The van der Waals surface area contributed by atoms with Crippen LogP contribution in [-0.4, -0.2) is 50.3 Å². The second-order valence-electron chi connectivity index (χ2n) is 6.50. The van der Waals surface area contributed by atoms with Crippen molar-refractivity contribution in [3.05, 3.63) is 60.8 Å². The number of nitrogens with one attached hydrogen (secondary N) is 2. The number of H-pyrrole nitrogens is 1. The van der Waals surface area contributed by atoms with Gasteiger partial charge in [0, 0.05) is 42.8 Å². The Labute approximate surface area is 178 Å². The normalized spacial score (nSPS) is 11.7. The molecule has 0 atom stereocenters. The maximum atomic E-state index is 12.3. The van der Waals surface area contributed by atoms with Crippen molar-refractivity contribution in [2.45, 2.75) is 13.8 Å². The SMILES string of the molecule is C/C(=N/C=C(\C)C(=O)Nc1ccc(Oc2ccnc(-c3cn[nH]c3)c2)cn1)N(C)C=O. The molecule has 0 unspecified atom stereocenters. The van der Waals surface area contributed by atoms with Crippen LogP contribution in [0.25, 0.3) is 11.3 Å². The molecule has 0 saturated carbocycles. The van der Waals surface area contributed by atoms with Crippen molar-refractivity contribution in [2.24, 2.45) is 4.99 Å². The lowest BCUT2D eigenvalue weighted by molar-refractivity contribution is -0.114. The molecule has 3 aromatic rings. The van der Waals surface area contributed by atoms with Gasteiger partial charge >= 0.3 is 0 Å². The van der Waals surface area contributed by atoms with E-state index >= 15 is 0 Å². The summed E-state index contributed by atoms with van der Waals surface area (Å²) in [6, 6.07) is 6.85. The zero-order valence-corrected chi connectivity index (χ0v) is 17.2. The predicted octanol–water partition coefficient (Wildman–Crippen LogP) is 3.01. The summed E-state index contributed by atoms with van der Waals surface area (Å²) in [5.41, 5.74) is 1.94. The number of aromatic nitrogens is 4. The third-order valence-electron chi connectivity index (χ3n) is 4.21. The number of ether oxygens (including phenoxy) is 1. The van der Waals surface area contributed by atoms with E-state index in [-0.39, 0.29) is 5.91 Å². The van der Waals surface area contributed by atoms with Gasteiger partial charge in [0.1, 0.15) is 23.2 Å². The van der Waals surface area contributed by atoms with Crippen molar-refractivity contribution in [1.29, 1.82) is 0 Å². The van der Waals surface area contributed by atoms with E-state index in [0.717, 1.165) is 11.3 Å². The topological polar surface area (TPSA) is 125 Å². The quantitative estimate of drug-likeness (QED) is 0.262. The van der Waals surface area contributed by atoms with Crippen LogP contribution in [0.15, 0.2) is 65.8 Å². The molecule has 3 aromatic heterocycles. The molecule has 0 aromatic carbocycles. The number of hydrogen-bond acceptors (Lipinski definition) is 7. The standard InChI is InChI=1S/C21H21N7O3/c1-14(9-23-15(2)28(3)13-29)21(30)27-20-5-4-18(12-24-20)31-17-6-7-22-19(8-17)16-10-25-26-11-16/h4-13H,1-3H3,(H,25,26)(H,24,27,30)/b14-9+,23-15-. The predicted molar refractivity (Wildman–Crippen MR) is 115 cm³/mol. The fourth-order valence-corrected chi connectivity index (χ4v) is 2.31. The molecule has 0 aliphatic heterocycles. The van der Waals surface area contributed by atoms with Gasteiger partial charge in [0.05, 0.1) is 18.1 Å². The van der Waals surface area contributed by atoms with Gasteiger partial charge < -0.3 is 15.0 Å². The average molecular weight is 419 g/mol. The monoisotopic (exact) mass is 419 g/mol. The number of anilines is 1. The van der Waals surface area contributed by atoms with Crippen LogP contribution in [0, 0.1) is 0 Å². The molecule has 31 heavy (non-hydrogen) atoms. The molecule has 10 nitrogen and oxygen atoms in total. The largest absolute Gasteiger partial charge is 0.456 e. The first-order valence-corrected chi connectivity index (χ1v) is 9.26. The van der Waals surface area contributed by atoms with E-state index in [9.17, 15) is 9.59 Å². The summed E-state index contributed by atoms with van der Waals surface area (Å²) in [5.74, 6) is 1.58. The van der Waals surface area contributed by atoms with Gasteiger partial charge in [-0.1, -0.05) is 0 Å². The molecule has 0 fully saturated rings. The third kappa shape index (κ3) is 5.82. The molecule has 0 radical (unpaired) electrons. The Balaban J connectivity index is 1.62. The van der Waals surface area contributed by atoms with Crippen LogP contribution < -0.4 is 10.1 Å². The second kappa shape index (κ2) is 9.92. The lowest BCUT2D eigenvalue weighted by Gasteiger charge is -2.09. The van der Waals surface area contributed by atoms with Gasteiger partial charge in [-0.2, -0.15) is 5.10 Å². The second-order valence-corrected chi connectivity index (χ2v) is 6.50. The number of aliphatic imine (C=N–C) groups is 1. The number of hydrogen-bond donors (Lipinski definition) is 2. The smallest absolute Gasteiger partial charge is 0.254 e. The van der Waals surface area contributed by atoms with Gasteiger partial charge in [-0.3, -0.25) is 19.7 Å². The Morgan fingerprint density at radius 2 is 2.03 bits per heavy atom. The maximum Gasteiger partial charge on any atom is 0.254 e. The molecule has 0 aliphatic rings. The molecule has 2 N–H and O–H groups in total. The van der Waals surface area contributed by atoms with Crippen molar-refractivity contribution in [3.63, 3.8) is 0 Å². The molecule has 2 amide bonds. The first kappa shape index (κ1) is 21.4. The first-order chi connectivity index (χ1) is 15.0. The molecule has 10 heteroatoms. The average Bonchev–Trinajstić information content (AvgIpc) is 3.33. The molecule has 0 aliphatic carbocycles. The van der Waals surface area contributed by atoms with Crippen molar-refractivity contribution >= 4 is 24.0 Å². The highest BCUT2D eigenvalue weighted by Gasteiger charge is 2.08. The number of carbonyl (C=O) groups excluding carboxylic acids is 2. The van der Waals surface area contributed by atoms with Gasteiger partial charge in [0.2, 0.25) is 6.41 Å². The van der Waals surface area contributed by atoms with Crippen LogP contribution in [-0.2, 0) is 9.59 Å². The van der Waals surface area contributed by atoms with E-state index in [4.69, 9.17) is 4.74 Å². The van der Waals surface area contributed by atoms with Crippen molar-refractivity contribution in [3.8, 4) is 22.8 Å². The highest BCUT2D eigenvalue weighted by molar-refractivity contribution is 6.03. The van der Waals surface area contributed by atoms with Crippen molar-refractivity contribution in [1.82, 2.24) is 25.1 Å². The fraction of sp³-hybridized carbons (Fsp3) is 0.143. The zero-order valence-electron chi connectivity index (χ0n) is 17.2. The number of aromatic amines is 1. The van der Waals surface area contributed by atoms with E-state index in [1.165, 1.54) is 17.3 Å². The summed E-state index contributed by atoms with van der Waals surface area (Å²) in [4.78, 5) is 36.9. The van der Waals surface area contributed by atoms with Crippen LogP contribution in [0.2, 0.25) is 0 Å². The van der Waals surface area contributed by atoms with E-state index in [0.29, 0.717) is 35.1 Å². The van der Waals surface area contributed by atoms with Crippen LogP contribution in [0.5, 0.6) is 11.5 Å². The number of amidine groups is 1. The molecule has 3 rings (SSSR count). The van der Waals surface area contributed by atoms with Gasteiger partial charge in [-0.05, 0) is 32.0 Å². The maximum absolute atomic E-state index is 12.3. The van der Waals surface area contributed by atoms with E-state index < -0.39 is 0 Å². The van der Waals surface area contributed by atoms with Crippen LogP contribution in [0.1, 0.15) is 13.8 Å². The Morgan fingerprint density at radius 1 is 1.19 bits per heavy atom. The lowest BCUT2D eigenvalue weighted by Crippen LogP contribution is -2.21. The Hall–Kier alpha value is -4.34. The summed E-state index contributed by atoms with van der Waals surface area (Å²) in [7, 11) is 1.58. The Bertz CT molecular complexity index is 1110. The summed E-state index contributed by atoms with van der Waals surface area (Å²) in [6.07, 6.45) is 8.60. The Kier molecular flexibility index (Phi) is 6.84. The molecule has 158 valence electrons. The van der Waals surface area contributed by atoms with Gasteiger partial charge in [0.25, 0.3) is 5.91 Å². The molecule has 3 heterocycles. The highest BCUT2D eigenvalue weighted by Crippen LogP contribution is 2.25. The molecular weight excluding hydrogens is 398 g/mol. The van der Waals surface area contributed by atoms with Crippen LogP contribution in [0.3, 0.4) is 0 Å². The molecular formula is C21H21N7O3. The third-order valence-corrected chi connectivity index (χ3v) is 4.21. The molecule has 0 bridgehead atoms. The van der Waals surface area contributed by atoms with E-state index in [2.05, 4.69) is 30.5 Å².